The molecule has 0 amide bonds. The van der Waals surface area contributed by atoms with Crippen LogP contribution in [0.4, 0.5) is 8.78 Å². The predicted molar refractivity (Wildman–Crippen MR) is 70.3 cm³/mol. The zero-order valence-corrected chi connectivity index (χ0v) is 11.6. The minimum absolute atomic E-state index is 0.302. The van der Waals surface area contributed by atoms with Gasteiger partial charge in [0.2, 0.25) is 0 Å². The van der Waals surface area contributed by atoms with Crippen molar-refractivity contribution in [1.29, 1.82) is 0 Å². The second-order valence-corrected chi connectivity index (χ2v) is 5.52. The molecule has 0 radical (unpaired) electrons. The number of likely N-dealkylation sites (N-methyl/N-ethyl adjacent to an activating group) is 1. The highest BCUT2D eigenvalue weighted by Gasteiger charge is 2.45. The standard InChI is InChI=1S/C15H19F2NO/c1-10-6-7-11(16)12(13(10)17)14(19)15(18(2)3)8-4-5-9-15/h6-7H,4-5,8-9H2,1-3H3. The van der Waals surface area contributed by atoms with Crippen LogP contribution >= 0.6 is 0 Å². The largest absolute Gasteiger partial charge is 0.297 e. The van der Waals surface area contributed by atoms with Crippen molar-refractivity contribution < 1.29 is 13.6 Å². The Labute approximate surface area is 112 Å². The van der Waals surface area contributed by atoms with Crippen LogP contribution in [0.5, 0.6) is 0 Å². The minimum Gasteiger partial charge on any atom is -0.297 e. The molecule has 2 rings (SSSR count). The molecule has 19 heavy (non-hydrogen) atoms. The Hall–Kier alpha value is -1.29. The van der Waals surface area contributed by atoms with Gasteiger partial charge >= 0.3 is 0 Å². The summed E-state index contributed by atoms with van der Waals surface area (Å²) >= 11 is 0. The van der Waals surface area contributed by atoms with Gasteiger partial charge < -0.3 is 0 Å². The fraction of sp³-hybridized carbons (Fsp3) is 0.533. The van der Waals surface area contributed by atoms with Crippen molar-refractivity contribution in [2.45, 2.75) is 38.1 Å². The molecular weight excluding hydrogens is 248 g/mol. The molecule has 0 aromatic heterocycles. The van der Waals surface area contributed by atoms with Gasteiger partial charge in [0, 0.05) is 0 Å². The quantitative estimate of drug-likeness (QED) is 0.783. The SMILES string of the molecule is Cc1ccc(F)c(C(=O)C2(N(C)C)CCCC2)c1F. The topological polar surface area (TPSA) is 20.3 Å². The van der Waals surface area contributed by atoms with Crippen molar-refractivity contribution in [3.05, 3.63) is 34.9 Å². The van der Waals surface area contributed by atoms with E-state index in [1.165, 1.54) is 12.1 Å². The summed E-state index contributed by atoms with van der Waals surface area (Å²) < 4.78 is 28.0. The number of aryl methyl sites for hydroxylation is 1. The fourth-order valence-electron chi connectivity index (χ4n) is 2.93. The van der Waals surface area contributed by atoms with E-state index in [4.69, 9.17) is 0 Å². The van der Waals surface area contributed by atoms with Crippen molar-refractivity contribution in [2.24, 2.45) is 0 Å². The molecule has 4 heteroatoms. The zero-order valence-electron chi connectivity index (χ0n) is 11.6. The van der Waals surface area contributed by atoms with Crippen LogP contribution in [0.3, 0.4) is 0 Å². The van der Waals surface area contributed by atoms with E-state index in [2.05, 4.69) is 0 Å². The first-order valence-electron chi connectivity index (χ1n) is 6.57. The van der Waals surface area contributed by atoms with Crippen LogP contribution in [0.1, 0.15) is 41.6 Å². The van der Waals surface area contributed by atoms with Gasteiger partial charge in [-0.3, -0.25) is 9.69 Å². The maximum absolute atomic E-state index is 14.1. The summed E-state index contributed by atoms with van der Waals surface area (Å²) in [4.78, 5) is 14.5. The molecule has 1 aliphatic carbocycles. The van der Waals surface area contributed by atoms with Gasteiger partial charge in [0.15, 0.2) is 5.78 Å². The Morgan fingerprint density at radius 1 is 1.21 bits per heavy atom. The average molecular weight is 267 g/mol. The third kappa shape index (κ3) is 2.18. The predicted octanol–water partition coefficient (Wildman–Crippen LogP) is 3.33. The summed E-state index contributed by atoms with van der Waals surface area (Å²) in [5, 5.41) is 0. The summed E-state index contributed by atoms with van der Waals surface area (Å²) in [7, 11) is 3.60. The van der Waals surface area contributed by atoms with Crippen LogP contribution in [0, 0.1) is 18.6 Å². The van der Waals surface area contributed by atoms with E-state index < -0.39 is 23.0 Å². The highest BCUT2D eigenvalue weighted by Crippen LogP contribution is 2.37. The molecule has 1 aromatic carbocycles. The smallest absolute Gasteiger partial charge is 0.188 e. The monoisotopic (exact) mass is 267 g/mol. The number of carbonyl (C=O) groups excluding carboxylic acids is 1. The van der Waals surface area contributed by atoms with E-state index in [-0.39, 0.29) is 5.56 Å². The van der Waals surface area contributed by atoms with Crippen LogP contribution in [0.15, 0.2) is 12.1 Å². The zero-order chi connectivity index (χ0) is 14.2. The van der Waals surface area contributed by atoms with Gasteiger partial charge in [-0.1, -0.05) is 18.9 Å². The number of rotatable bonds is 3. The normalized spacial score (nSPS) is 18.0. The molecule has 0 aliphatic heterocycles. The number of carbonyl (C=O) groups is 1. The lowest BCUT2D eigenvalue weighted by atomic mass is 9.85. The summed E-state index contributed by atoms with van der Waals surface area (Å²) in [5.41, 5.74) is -0.831. The molecule has 0 bridgehead atoms. The molecule has 0 saturated heterocycles. The van der Waals surface area contributed by atoms with Crippen molar-refractivity contribution in [1.82, 2.24) is 4.90 Å². The van der Waals surface area contributed by atoms with Gasteiger partial charge in [-0.05, 0) is 45.5 Å². The molecule has 0 heterocycles. The Morgan fingerprint density at radius 2 is 1.79 bits per heavy atom. The molecule has 1 fully saturated rings. The molecule has 0 spiro atoms. The van der Waals surface area contributed by atoms with Crippen molar-refractivity contribution in [2.75, 3.05) is 14.1 Å². The summed E-state index contributed by atoms with van der Waals surface area (Å²) in [5.74, 6) is -1.91. The third-order valence-corrected chi connectivity index (χ3v) is 4.22. The number of Topliss-reactive ketones (excluding diaryl/α,β-unsaturated/α-hetero) is 1. The highest BCUT2D eigenvalue weighted by atomic mass is 19.1. The van der Waals surface area contributed by atoms with Gasteiger partial charge in [0.1, 0.15) is 11.6 Å². The van der Waals surface area contributed by atoms with Crippen LogP contribution in [0.2, 0.25) is 0 Å². The van der Waals surface area contributed by atoms with E-state index in [1.807, 2.05) is 4.90 Å². The van der Waals surface area contributed by atoms with Gasteiger partial charge in [-0.15, -0.1) is 0 Å². The number of halogens is 2. The molecule has 1 aromatic rings. The molecule has 1 saturated carbocycles. The minimum atomic E-state index is -0.763. The Bertz CT molecular complexity index is 505. The number of hydrogen-bond acceptors (Lipinski definition) is 2. The van der Waals surface area contributed by atoms with Crippen molar-refractivity contribution >= 4 is 5.78 Å². The van der Waals surface area contributed by atoms with Crippen LogP contribution in [-0.4, -0.2) is 30.3 Å². The molecule has 1 aliphatic rings. The van der Waals surface area contributed by atoms with Crippen LogP contribution < -0.4 is 0 Å². The fourth-order valence-corrected chi connectivity index (χ4v) is 2.93. The Kier molecular flexibility index (Phi) is 3.72. The van der Waals surface area contributed by atoms with Gasteiger partial charge in [0.05, 0.1) is 11.1 Å². The van der Waals surface area contributed by atoms with E-state index in [1.54, 1.807) is 21.0 Å². The number of benzene rings is 1. The van der Waals surface area contributed by atoms with Crippen LogP contribution in [0.25, 0.3) is 0 Å². The van der Waals surface area contributed by atoms with E-state index >= 15 is 0 Å². The molecular formula is C15H19F2NO. The van der Waals surface area contributed by atoms with Gasteiger partial charge in [-0.2, -0.15) is 0 Å². The average Bonchev–Trinajstić information content (AvgIpc) is 2.85. The van der Waals surface area contributed by atoms with E-state index in [0.717, 1.165) is 12.8 Å². The lowest BCUT2D eigenvalue weighted by molar-refractivity contribution is 0.0683. The van der Waals surface area contributed by atoms with Crippen molar-refractivity contribution in [3.63, 3.8) is 0 Å². The lowest BCUT2D eigenvalue weighted by Gasteiger charge is -2.35. The first-order chi connectivity index (χ1) is 8.90. The Morgan fingerprint density at radius 3 is 2.32 bits per heavy atom. The molecule has 0 N–H and O–H groups in total. The number of nitrogens with zero attached hydrogens (tertiary/aromatic N) is 1. The van der Waals surface area contributed by atoms with E-state index in [0.29, 0.717) is 18.4 Å². The van der Waals surface area contributed by atoms with Gasteiger partial charge in [-0.25, -0.2) is 8.78 Å². The molecule has 0 unspecified atom stereocenters. The second kappa shape index (κ2) is 5.00. The number of hydrogen-bond donors (Lipinski definition) is 0. The molecule has 0 atom stereocenters. The highest BCUT2D eigenvalue weighted by molar-refractivity contribution is 6.04. The summed E-state index contributed by atoms with van der Waals surface area (Å²) in [6.45, 7) is 1.54. The summed E-state index contributed by atoms with van der Waals surface area (Å²) in [6.07, 6.45) is 3.15. The van der Waals surface area contributed by atoms with E-state index in [9.17, 15) is 13.6 Å². The van der Waals surface area contributed by atoms with Crippen LogP contribution in [-0.2, 0) is 0 Å². The first kappa shape index (κ1) is 14.1. The first-order valence-corrected chi connectivity index (χ1v) is 6.57. The number of ketones is 1. The molecule has 2 nitrogen and oxygen atoms in total. The van der Waals surface area contributed by atoms with Crippen molar-refractivity contribution in [3.8, 4) is 0 Å². The third-order valence-electron chi connectivity index (χ3n) is 4.22. The maximum atomic E-state index is 14.1. The molecule has 104 valence electrons. The van der Waals surface area contributed by atoms with Gasteiger partial charge in [0.25, 0.3) is 0 Å². The summed E-state index contributed by atoms with van der Waals surface area (Å²) in [6, 6.07) is 2.53. The maximum Gasteiger partial charge on any atom is 0.188 e. The second-order valence-electron chi connectivity index (χ2n) is 5.52. The Balaban J connectivity index is 2.52. The lowest BCUT2D eigenvalue weighted by Crippen LogP contribution is -2.49.